The van der Waals surface area contributed by atoms with Crippen molar-refractivity contribution in [3.05, 3.63) is 0 Å². The molecule has 1 aliphatic rings. The molecule has 0 bridgehead atoms. The van der Waals surface area contributed by atoms with Gasteiger partial charge in [0.2, 0.25) is 0 Å². The fourth-order valence-electron chi connectivity index (χ4n) is 1.88. The van der Waals surface area contributed by atoms with E-state index in [9.17, 15) is 0 Å². The van der Waals surface area contributed by atoms with Crippen LogP contribution in [0.3, 0.4) is 0 Å². The normalized spacial score (nSPS) is 18.9. The summed E-state index contributed by atoms with van der Waals surface area (Å²) in [6.07, 6.45) is 10.1. The molecule has 1 unspecified atom stereocenters. The second kappa shape index (κ2) is 10.5. The smallest absolute Gasteiger partial charge is 0.104 e. The number of epoxide rings is 1. The first-order chi connectivity index (χ1) is 8.36. The zero-order chi connectivity index (χ0) is 12.3. The van der Waals surface area contributed by atoms with Crippen LogP contribution in [0.2, 0.25) is 0 Å². The van der Waals surface area contributed by atoms with Gasteiger partial charge < -0.3 is 9.47 Å². The van der Waals surface area contributed by atoms with Gasteiger partial charge >= 0.3 is 0 Å². The van der Waals surface area contributed by atoms with Crippen LogP contribution in [0.25, 0.3) is 0 Å². The highest BCUT2D eigenvalue weighted by Gasteiger charge is 2.21. The number of rotatable bonds is 12. The van der Waals surface area contributed by atoms with Crippen LogP contribution >= 0.6 is 23.5 Å². The Labute approximate surface area is 115 Å². The quantitative estimate of drug-likeness (QED) is 0.403. The van der Waals surface area contributed by atoms with E-state index in [4.69, 9.17) is 9.47 Å². The van der Waals surface area contributed by atoms with Crippen LogP contribution in [-0.4, -0.2) is 49.9 Å². The summed E-state index contributed by atoms with van der Waals surface area (Å²) in [5.74, 6) is 3.54. The van der Waals surface area contributed by atoms with E-state index in [1.807, 2.05) is 23.5 Å². The van der Waals surface area contributed by atoms with Crippen molar-refractivity contribution in [1.29, 1.82) is 0 Å². The molecule has 0 aromatic carbocycles. The highest BCUT2D eigenvalue weighted by Crippen LogP contribution is 2.18. The van der Waals surface area contributed by atoms with E-state index in [-0.39, 0.29) is 0 Å². The second-order valence-corrected chi connectivity index (χ2v) is 6.48. The van der Waals surface area contributed by atoms with Gasteiger partial charge in [-0.05, 0) is 42.8 Å². The zero-order valence-electron chi connectivity index (χ0n) is 11.2. The van der Waals surface area contributed by atoms with Gasteiger partial charge in [0.1, 0.15) is 6.10 Å². The molecule has 1 saturated heterocycles. The van der Waals surface area contributed by atoms with Crippen LogP contribution in [0.15, 0.2) is 0 Å². The molecule has 1 fully saturated rings. The first kappa shape index (κ1) is 15.7. The highest BCUT2D eigenvalue weighted by atomic mass is 32.2. The largest absolute Gasteiger partial charge is 0.379 e. The number of hydrogen-bond donors (Lipinski definition) is 0. The van der Waals surface area contributed by atoms with Gasteiger partial charge in [0.25, 0.3) is 0 Å². The van der Waals surface area contributed by atoms with E-state index < -0.39 is 0 Å². The third-order valence-electron chi connectivity index (χ3n) is 2.91. The van der Waals surface area contributed by atoms with Gasteiger partial charge in [-0.3, -0.25) is 0 Å². The molecule has 1 rings (SSSR count). The summed E-state index contributed by atoms with van der Waals surface area (Å²) in [6, 6.07) is 0. The van der Waals surface area contributed by atoms with Gasteiger partial charge in [-0.2, -0.15) is 23.5 Å². The molecule has 0 N–H and O–H groups in total. The first-order valence-corrected chi connectivity index (χ1v) is 9.32. The van der Waals surface area contributed by atoms with Gasteiger partial charge in [-0.15, -0.1) is 0 Å². The van der Waals surface area contributed by atoms with Crippen molar-refractivity contribution in [2.24, 2.45) is 5.92 Å². The molecule has 0 spiro atoms. The van der Waals surface area contributed by atoms with Crippen LogP contribution in [0.4, 0.5) is 0 Å². The van der Waals surface area contributed by atoms with E-state index in [1.54, 1.807) is 0 Å². The fraction of sp³-hybridized carbons (Fsp3) is 1.00. The Morgan fingerprint density at radius 1 is 1.18 bits per heavy atom. The van der Waals surface area contributed by atoms with Crippen molar-refractivity contribution < 1.29 is 9.47 Å². The monoisotopic (exact) mass is 278 g/mol. The topological polar surface area (TPSA) is 21.8 Å². The van der Waals surface area contributed by atoms with Crippen molar-refractivity contribution in [1.82, 2.24) is 0 Å². The molecule has 1 heterocycles. The standard InChI is InChI=1S/C13H26O2S2/c1-16-10-12(11-17-2)6-4-3-5-7-14-8-13-9-15-13/h12-13H,3-11H2,1-2H3. The Hall–Kier alpha value is 0.620. The summed E-state index contributed by atoms with van der Waals surface area (Å²) in [6.45, 7) is 2.63. The van der Waals surface area contributed by atoms with Crippen molar-refractivity contribution in [2.45, 2.75) is 31.8 Å². The molecule has 17 heavy (non-hydrogen) atoms. The maximum Gasteiger partial charge on any atom is 0.104 e. The number of hydrogen-bond acceptors (Lipinski definition) is 4. The Balaban J connectivity index is 1.82. The summed E-state index contributed by atoms with van der Waals surface area (Å²) >= 11 is 3.96. The first-order valence-electron chi connectivity index (χ1n) is 6.54. The van der Waals surface area contributed by atoms with Crippen molar-refractivity contribution in [2.75, 3.05) is 43.8 Å². The molecule has 102 valence electrons. The van der Waals surface area contributed by atoms with Crippen LogP contribution in [-0.2, 0) is 9.47 Å². The van der Waals surface area contributed by atoms with Crippen molar-refractivity contribution in [3.8, 4) is 0 Å². The van der Waals surface area contributed by atoms with E-state index in [1.165, 1.54) is 37.2 Å². The summed E-state index contributed by atoms with van der Waals surface area (Å²) in [5, 5.41) is 0. The maximum atomic E-state index is 5.53. The molecule has 0 saturated carbocycles. The van der Waals surface area contributed by atoms with Crippen LogP contribution < -0.4 is 0 Å². The minimum absolute atomic E-state index is 0.419. The summed E-state index contributed by atoms with van der Waals surface area (Å²) in [5.41, 5.74) is 0. The van der Waals surface area contributed by atoms with E-state index in [2.05, 4.69) is 12.5 Å². The summed E-state index contributed by atoms with van der Waals surface area (Å²) in [7, 11) is 0. The zero-order valence-corrected chi connectivity index (χ0v) is 12.8. The van der Waals surface area contributed by atoms with Gasteiger partial charge in [-0.25, -0.2) is 0 Å². The van der Waals surface area contributed by atoms with Gasteiger partial charge in [0.05, 0.1) is 13.2 Å². The molecule has 0 amide bonds. The molecule has 0 aromatic heterocycles. The molecule has 0 aliphatic carbocycles. The molecular weight excluding hydrogens is 252 g/mol. The maximum absolute atomic E-state index is 5.53. The average Bonchev–Trinajstić information content (AvgIpc) is 3.12. The Bertz CT molecular complexity index is 169. The molecule has 1 aliphatic heterocycles. The number of thioether (sulfide) groups is 2. The molecule has 2 nitrogen and oxygen atoms in total. The van der Waals surface area contributed by atoms with Gasteiger partial charge in [0, 0.05) is 6.61 Å². The lowest BCUT2D eigenvalue weighted by Gasteiger charge is -2.13. The average molecular weight is 278 g/mol. The van der Waals surface area contributed by atoms with E-state index in [0.29, 0.717) is 6.10 Å². The Morgan fingerprint density at radius 2 is 1.88 bits per heavy atom. The molecule has 0 aromatic rings. The Kier molecular flexibility index (Phi) is 9.71. The van der Waals surface area contributed by atoms with Crippen molar-refractivity contribution in [3.63, 3.8) is 0 Å². The van der Waals surface area contributed by atoms with Gasteiger partial charge in [0.15, 0.2) is 0 Å². The second-order valence-electron chi connectivity index (χ2n) is 4.66. The van der Waals surface area contributed by atoms with Gasteiger partial charge in [-0.1, -0.05) is 12.8 Å². The molecule has 4 heteroatoms. The lowest BCUT2D eigenvalue weighted by atomic mass is 10.1. The number of ether oxygens (including phenoxy) is 2. The molecular formula is C13H26O2S2. The highest BCUT2D eigenvalue weighted by molar-refractivity contribution is 7.99. The predicted molar refractivity (Wildman–Crippen MR) is 79.3 cm³/mol. The lowest BCUT2D eigenvalue weighted by molar-refractivity contribution is 0.113. The fourth-order valence-corrected chi connectivity index (χ4v) is 3.54. The van der Waals surface area contributed by atoms with Crippen LogP contribution in [0, 0.1) is 5.92 Å². The molecule has 0 radical (unpaired) electrons. The third kappa shape index (κ3) is 9.23. The minimum atomic E-state index is 0.419. The van der Waals surface area contributed by atoms with E-state index >= 15 is 0 Å². The summed E-state index contributed by atoms with van der Waals surface area (Å²) < 4.78 is 10.6. The SMILES string of the molecule is CSCC(CCCCCOCC1CO1)CSC. The third-order valence-corrected chi connectivity index (χ3v) is 4.52. The lowest BCUT2D eigenvalue weighted by Crippen LogP contribution is -2.07. The minimum Gasteiger partial charge on any atom is -0.379 e. The Morgan fingerprint density at radius 3 is 2.47 bits per heavy atom. The van der Waals surface area contributed by atoms with Crippen LogP contribution in [0.1, 0.15) is 25.7 Å². The molecule has 1 atom stereocenters. The number of unbranched alkanes of at least 4 members (excludes halogenated alkanes) is 2. The van der Waals surface area contributed by atoms with E-state index in [0.717, 1.165) is 25.7 Å². The predicted octanol–water partition coefficient (Wildman–Crippen LogP) is 3.30. The summed E-state index contributed by atoms with van der Waals surface area (Å²) in [4.78, 5) is 0. The van der Waals surface area contributed by atoms with Crippen LogP contribution in [0.5, 0.6) is 0 Å². The van der Waals surface area contributed by atoms with Crippen molar-refractivity contribution >= 4 is 23.5 Å².